The molecule has 1 fully saturated rings. The van der Waals surface area contributed by atoms with E-state index in [1.165, 1.54) is 18.4 Å². The minimum Gasteiger partial charge on any atom is -0.341 e. The van der Waals surface area contributed by atoms with E-state index in [9.17, 15) is 0 Å². The number of hydrogen-bond donors (Lipinski definition) is 0. The number of benzene rings is 1. The first kappa shape index (κ1) is 14.2. The second kappa shape index (κ2) is 6.35. The van der Waals surface area contributed by atoms with Crippen LogP contribution in [0, 0.1) is 6.92 Å². The molecule has 0 bridgehead atoms. The lowest BCUT2D eigenvalue weighted by molar-refractivity contribution is 0.841. The van der Waals surface area contributed by atoms with Crippen LogP contribution < -0.4 is 4.90 Å². The van der Waals surface area contributed by atoms with Crippen LogP contribution >= 0.6 is 11.8 Å². The van der Waals surface area contributed by atoms with Gasteiger partial charge in [0.2, 0.25) is 5.95 Å². The summed E-state index contributed by atoms with van der Waals surface area (Å²) in [5, 5.41) is 9.75. The van der Waals surface area contributed by atoms with E-state index >= 15 is 0 Å². The average molecular weight is 300 g/mol. The third-order valence-electron chi connectivity index (χ3n) is 3.63. The van der Waals surface area contributed by atoms with Crippen molar-refractivity contribution in [2.75, 3.05) is 23.7 Å². The van der Waals surface area contributed by atoms with Gasteiger partial charge < -0.3 is 4.90 Å². The van der Waals surface area contributed by atoms with Crippen molar-refractivity contribution in [1.82, 2.24) is 14.8 Å². The minimum absolute atomic E-state index is 0.837. The maximum atomic E-state index is 4.43. The number of nitrogens with zero attached hydrogens (tertiary/aromatic N) is 4. The van der Waals surface area contributed by atoms with Crippen LogP contribution in [-0.4, -0.2) is 33.6 Å². The van der Waals surface area contributed by atoms with Crippen LogP contribution in [-0.2, 0) is 0 Å². The SMILES string of the molecule is C=CCSc1nnc(N2CCCC2)n1-c1ccc(C)cc1. The molecule has 1 aliphatic heterocycles. The highest BCUT2D eigenvalue weighted by molar-refractivity contribution is 7.99. The standard InChI is InChI=1S/C16H20N4S/c1-3-12-21-16-18-17-15(19-10-4-5-11-19)20(16)14-8-6-13(2)7-9-14/h3,6-9H,1,4-5,10-12H2,2H3. The van der Waals surface area contributed by atoms with Crippen molar-refractivity contribution < 1.29 is 0 Å². The predicted molar refractivity (Wildman–Crippen MR) is 88.5 cm³/mol. The van der Waals surface area contributed by atoms with E-state index in [1.54, 1.807) is 11.8 Å². The molecule has 0 spiro atoms. The van der Waals surface area contributed by atoms with Gasteiger partial charge in [-0.3, -0.25) is 4.57 Å². The van der Waals surface area contributed by atoms with Crippen LogP contribution in [0.3, 0.4) is 0 Å². The number of aryl methyl sites for hydroxylation is 1. The average Bonchev–Trinajstić information content (AvgIpc) is 3.15. The fourth-order valence-corrected chi connectivity index (χ4v) is 3.21. The molecule has 4 nitrogen and oxygen atoms in total. The summed E-state index contributed by atoms with van der Waals surface area (Å²) in [5.74, 6) is 1.80. The summed E-state index contributed by atoms with van der Waals surface area (Å²) in [5.41, 5.74) is 2.38. The quantitative estimate of drug-likeness (QED) is 0.625. The van der Waals surface area contributed by atoms with Gasteiger partial charge in [-0.15, -0.1) is 16.8 Å². The lowest BCUT2D eigenvalue weighted by atomic mass is 10.2. The zero-order chi connectivity index (χ0) is 14.7. The molecule has 1 aromatic heterocycles. The Bertz CT molecular complexity index is 612. The Kier molecular flexibility index (Phi) is 4.29. The monoisotopic (exact) mass is 300 g/mol. The number of anilines is 1. The Hall–Kier alpha value is -1.75. The van der Waals surface area contributed by atoms with Crippen molar-refractivity contribution in [2.24, 2.45) is 0 Å². The molecule has 0 radical (unpaired) electrons. The zero-order valence-electron chi connectivity index (χ0n) is 12.3. The van der Waals surface area contributed by atoms with E-state index in [4.69, 9.17) is 0 Å². The van der Waals surface area contributed by atoms with Crippen LogP contribution in [0.15, 0.2) is 42.1 Å². The van der Waals surface area contributed by atoms with E-state index in [1.807, 2.05) is 6.08 Å². The lowest BCUT2D eigenvalue weighted by Gasteiger charge is -2.18. The number of hydrogen-bond acceptors (Lipinski definition) is 4. The van der Waals surface area contributed by atoms with Gasteiger partial charge in [-0.25, -0.2) is 0 Å². The molecule has 0 atom stereocenters. The zero-order valence-corrected chi connectivity index (χ0v) is 13.1. The maximum absolute atomic E-state index is 4.43. The van der Waals surface area contributed by atoms with Crippen LogP contribution in [0.2, 0.25) is 0 Å². The van der Waals surface area contributed by atoms with Crippen molar-refractivity contribution >= 4 is 17.7 Å². The molecule has 1 saturated heterocycles. The van der Waals surface area contributed by atoms with Crippen molar-refractivity contribution in [2.45, 2.75) is 24.9 Å². The van der Waals surface area contributed by atoms with Crippen molar-refractivity contribution in [3.63, 3.8) is 0 Å². The van der Waals surface area contributed by atoms with Gasteiger partial charge in [0.1, 0.15) is 0 Å². The summed E-state index contributed by atoms with van der Waals surface area (Å²) < 4.78 is 2.17. The summed E-state index contributed by atoms with van der Waals surface area (Å²) in [7, 11) is 0. The first-order valence-electron chi connectivity index (χ1n) is 7.30. The molecule has 1 aliphatic rings. The third kappa shape index (κ3) is 2.97. The lowest BCUT2D eigenvalue weighted by Crippen LogP contribution is -2.22. The van der Waals surface area contributed by atoms with E-state index in [-0.39, 0.29) is 0 Å². The molecule has 0 unspecified atom stereocenters. The molecular formula is C16H20N4S. The normalized spacial score (nSPS) is 14.6. The van der Waals surface area contributed by atoms with E-state index in [0.717, 1.165) is 35.6 Å². The van der Waals surface area contributed by atoms with Gasteiger partial charge in [-0.2, -0.15) is 0 Å². The highest BCUT2D eigenvalue weighted by Gasteiger charge is 2.22. The molecule has 2 aromatic rings. The molecule has 5 heteroatoms. The van der Waals surface area contributed by atoms with Crippen LogP contribution in [0.1, 0.15) is 18.4 Å². The van der Waals surface area contributed by atoms with E-state index in [2.05, 4.69) is 57.4 Å². The molecule has 3 rings (SSSR count). The number of rotatable bonds is 5. The number of aromatic nitrogens is 3. The van der Waals surface area contributed by atoms with Gasteiger partial charge in [0.25, 0.3) is 0 Å². The molecule has 0 saturated carbocycles. The predicted octanol–water partition coefficient (Wildman–Crippen LogP) is 3.45. The summed E-state index contributed by atoms with van der Waals surface area (Å²) >= 11 is 1.67. The summed E-state index contributed by atoms with van der Waals surface area (Å²) in [4.78, 5) is 2.32. The van der Waals surface area contributed by atoms with Crippen LogP contribution in [0.5, 0.6) is 0 Å². The number of thioether (sulfide) groups is 1. The second-order valence-corrected chi connectivity index (χ2v) is 6.23. The highest BCUT2D eigenvalue weighted by Crippen LogP contribution is 2.28. The molecule has 0 N–H and O–H groups in total. The first-order chi connectivity index (χ1) is 10.3. The fraction of sp³-hybridized carbons (Fsp3) is 0.375. The van der Waals surface area contributed by atoms with Crippen molar-refractivity contribution in [1.29, 1.82) is 0 Å². The smallest absolute Gasteiger partial charge is 0.232 e. The summed E-state index contributed by atoms with van der Waals surface area (Å²) in [6.45, 7) is 8.02. The van der Waals surface area contributed by atoms with Crippen LogP contribution in [0.4, 0.5) is 5.95 Å². The van der Waals surface area contributed by atoms with E-state index < -0.39 is 0 Å². The largest absolute Gasteiger partial charge is 0.341 e. The fourth-order valence-electron chi connectivity index (χ4n) is 2.53. The van der Waals surface area contributed by atoms with Gasteiger partial charge in [0.15, 0.2) is 5.16 Å². The van der Waals surface area contributed by atoms with Gasteiger partial charge in [-0.05, 0) is 31.9 Å². The topological polar surface area (TPSA) is 34.0 Å². The third-order valence-corrected chi connectivity index (χ3v) is 4.55. The Morgan fingerprint density at radius 1 is 1.19 bits per heavy atom. The molecule has 1 aromatic carbocycles. The Morgan fingerprint density at radius 3 is 2.57 bits per heavy atom. The molecule has 21 heavy (non-hydrogen) atoms. The Morgan fingerprint density at radius 2 is 1.90 bits per heavy atom. The molecule has 2 heterocycles. The minimum atomic E-state index is 0.837. The Balaban J connectivity index is 2.02. The molecular weight excluding hydrogens is 280 g/mol. The molecule has 0 aliphatic carbocycles. The van der Waals surface area contributed by atoms with Crippen LogP contribution in [0.25, 0.3) is 5.69 Å². The second-order valence-electron chi connectivity index (χ2n) is 5.25. The molecule has 110 valence electrons. The van der Waals surface area contributed by atoms with Gasteiger partial charge in [0.05, 0.1) is 5.69 Å². The Labute approximate surface area is 129 Å². The van der Waals surface area contributed by atoms with Gasteiger partial charge in [-0.1, -0.05) is 35.5 Å². The highest BCUT2D eigenvalue weighted by atomic mass is 32.2. The van der Waals surface area contributed by atoms with Gasteiger partial charge >= 0.3 is 0 Å². The van der Waals surface area contributed by atoms with Gasteiger partial charge in [0, 0.05) is 18.8 Å². The van der Waals surface area contributed by atoms with Crippen molar-refractivity contribution in [3.05, 3.63) is 42.5 Å². The first-order valence-corrected chi connectivity index (χ1v) is 8.29. The summed E-state index contributed by atoms with van der Waals surface area (Å²) in [6, 6.07) is 8.53. The summed E-state index contributed by atoms with van der Waals surface area (Å²) in [6.07, 6.45) is 4.36. The van der Waals surface area contributed by atoms with E-state index in [0.29, 0.717) is 0 Å². The van der Waals surface area contributed by atoms with Crippen molar-refractivity contribution in [3.8, 4) is 5.69 Å². The maximum Gasteiger partial charge on any atom is 0.232 e. The molecule has 0 amide bonds.